The minimum absolute atomic E-state index is 0.979. The second kappa shape index (κ2) is 14.2. The smallest absolute Gasteiger partial charge is 0.0795 e. The summed E-state index contributed by atoms with van der Waals surface area (Å²) in [6, 6.07) is 80.8. The van der Waals surface area contributed by atoms with Crippen LogP contribution in [0.2, 0.25) is 0 Å². The minimum Gasteiger partial charge on any atom is -0.0795 e. The summed E-state index contributed by atoms with van der Waals surface area (Å²) < 4.78 is 0. The molecule has 2 aliphatic carbocycles. The van der Waals surface area contributed by atoms with Gasteiger partial charge in [0.15, 0.2) is 8.07 Å². The van der Waals surface area contributed by atoms with Crippen molar-refractivity contribution >= 4 is 83.6 Å². The molecule has 0 fully saturated rings. The van der Waals surface area contributed by atoms with Gasteiger partial charge in [-0.1, -0.05) is 212 Å². The van der Waals surface area contributed by atoms with Crippen molar-refractivity contribution in [1.82, 2.24) is 0 Å². The van der Waals surface area contributed by atoms with Crippen LogP contribution in [0.15, 0.2) is 224 Å². The largest absolute Gasteiger partial charge is 0.179 e. The Kier molecular flexibility index (Phi) is 8.16. The summed E-state index contributed by atoms with van der Waals surface area (Å²) >= 11 is 0. The molecule has 0 bridgehead atoms. The molecule has 0 radical (unpaired) electrons. The lowest BCUT2D eigenvalue weighted by atomic mass is 9.79. The number of rotatable bonds is 7. The predicted molar refractivity (Wildman–Crippen MR) is 273 cm³/mol. The van der Waals surface area contributed by atoms with E-state index in [9.17, 15) is 0 Å². The first-order chi connectivity index (χ1) is 31.2. The molecule has 1 heteroatoms. The van der Waals surface area contributed by atoms with Crippen molar-refractivity contribution < 1.29 is 0 Å². The summed E-state index contributed by atoms with van der Waals surface area (Å²) in [5.41, 5.74) is 13.1. The number of benzene rings is 11. The molecule has 2 aliphatic rings. The van der Waals surface area contributed by atoms with Crippen LogP contribution >= 0.6 is 0 Å². The Morgan fingerprint density at radius 3 is 1.57 bits per heavy atom. The fourth-order valence-corrected chi connectivity index (χ4v) is 16.2. The highest BCUT2D eigenvalue weighted by Gasteiger charge is 2.41. The fraction of sp³-hybridized carbons (Fsp3) is 0.0323. The first kappa shape index (κ1) is 36.1. The Bertz CT molecular complexity index is 3540. The van der Waals surface area contributed by atoms with Gasteiger partial charge < -0.3 is 0 Å². The van der Waals surface area contributed by atoms with Gasteiger partial charge in [-0.3, -0.25) is 0 Å². The van der Waals surface area contributed by atoms with Crippen LogP contribution in [0.25, 0.3) is 88.1 Å². The van der Waals surface area contributed by atoms with E-state index in [0.29, 0.717) is 0 Å². The van der Waals surface area contributed by atoms with Crippen LogP contribution < -0.4 is 20.7 Å². The standard InChI is InChI=1S/C62H42Si/c1-4-18-51(19-5-1)63(52-20-6-2-7-21-52,53-22-8-3-9-23-53)54-24-12-17-47(40-54)48-37-49(55-33-29-45-27-25-41-13-10-15-43-31-35-57(55)61(45)59(41)43)39-50(38-48)56-34-30-46-28-26-42-14-11-16-44-32-36-58(56)62(46)60(42)44/h1-13,15-27,29-40H,14,28H2. The quantitative estimate of drug-likeness (QED) is 0.0854. The van der Waals surface area contributed by atoms with Crippen LogP contribution in [0.3, 0.4) is 0 Å². The zero-order valence-corrected chi connectivity index (χ0v) is 35.9. The van der Waals surface area contributed by atoms with Crippen LogP contribution in [0.4, 0.5) is 0 Å². The van der Waals surface area contributed by atoms with Crippen LogP contribution in [0.5, 0.6) is 0 Å². The Balaban J connectivity index is 1.09. The average Bonchev–Trinajstić information content (AvgIpc) is 3.36. The van der Waals surface area contributed by atoms with E-state index in [1.54, 1.807) is 0 Å². The molecule has 0 atom stereocenters. The molecule has 13 rings (SSSR count). The maximum Gasteiger partial charge on any atom is 0.179 e. The Hall–Kier alpha value is -7.58. The maximum atomic E-state index is 2.52. The van der Waals surface area contributed by atoms with E-state index in [2.05, 4.69) is 231 Å². The molecule has 11 aromatic carbocycles. The molecule has 0 spiro atoms. The van der Waals surface area contributed by atoms with Gasteiger partial charge in [0.2, 0.25) is 0 Å². The molecular formula is C62H42Si. The lowest BCUT2D eigenvalue weighted by Crippen LogP contribution is -2.74. The minimum atomic E-state index is -2.76. The van der Waals surface area contributed by atoms with Crippen molar-refractivity contribution in [3.8, 4) is 33.4 Å². The third kappa shape index (κ3) is 5.53. The second-order valence-electron chi connectivity index (χ2n) is 17.5. The number of hydrogen-bond acceptors (Lipinski definition) is 0. The van der Waals surface area contributed by atoms with Crippen molar-refractivity contribution in [3.05, 3.63) is 241 Å². The lowest BCUT2D eigenvalue weighted by Gasteiger charge is -2.34. The highest BCUT2D eigenvalue weighted by atomic mass is 28.3. The molecule has 0 aliphatic heterocycles. The molecule has 294 valence electrons. The third-order valence-electron chi connectivity index (χ3n) is 14.2. The second-order valence-corrected chi connectivity index (χ2v) is 21.3. The summed E-state index contributed by atoms with van der Waals surface area (Å²) in [6.07, 6.45) is 9.07. The van der Waals surface area contributed by atoms with Gasteiger partial charge in [0, 0.05) is 0 Å². The molecule has 0 aromatic heterocycles. The summed E-state index contributed by atoms with van der Waals surface area (Å²) in [5, 5.41) is 16.1. The summed E-state index contributed by atoms with van der Waals surface area (Å²) in [5.74, 6) is 0. The molecule has 0 heterocycles. The fourth-order valence-electron chi connectivity index (χ4n) is 11.4. The zero-order valence-electron chi connectivity index (χ0n) is 34.9. The predicted octanol–water partition coefficient (Wildman–Crippen LogP) is 13.5. The van der Waals surface area contributed by atoms with Crippen LogP contribution in [0.1, 0.15) is 23.1 Å². The first-order valence-corrected chi connectivity index (χ1v) is 24.3. The maximum absolute atomic E-state index is 2.76. The number of hydrogen-bond donors (Lipinski definition) is 0. The average molecular weight is 815 g/mol. The lowest BCUT2D eigenvalue weighted by molar-refractivity contribution is 1.23. The van der Waals surface area contributed by atoms with E-state index in [0.717, 1.165) is 12.8 Å². The van der Waals surface area contributed by atoms with Crippen molar-refractivity contribution in [3.63, 3.8) is 0 Å². The van der Waals surface area contributed by atoms with E-state index in [-0.39, 0.29) is 0 Å². The van der Waals surface area contributed by atoms with Crippen LogP contribution in [-0.2, 0) is 6.42 Å². The van der Waals surface area contributed by atoms with E-state index in [1.807, 2.05) is 0 Å². The summed E-state index contributed by atoms with van der Waals surface area (Å²) in [4.78, 5) is 0. The van der Waals surface area contributed by atoms with Crippen LogP contribution in [-0.4, -0.2) is 8.07 Å². The highest BCUT2D eigenvalue weighted by molar-refractivity contribution is 7.19. The molecule has 0 N–H and O–H groups in total. The summed E-state index contributed by atoms with van der Waals surface area (Å²) in [6.45, 7) is 0. The van der Waals surface area contributed by atoms with Gasteiger partial charge in [-0.05, 0) is 151 Å². The molecule has 0 unspecified atom stereocenters. The topological polar surface area (TPSA) is 0 Å². The van der Waals surface area contributed by atoms with Gasteiger partial charge in [0.1, 0.15) is 0 Å². The van der Waals surface area contributed by atoms with Gasteiger partial charge >= 0.3 is 0 Å². The van der Waals surface area contributed by atoms with Crippen molar-refractivity contribution in [2.24, 2.45) is 0 Å². The molecule has 0 nitrogen and oxygen atoms in total. The van der Waals surface area contributed by atoms with Gasteiger partial charge in [0.05, 0.1) is 0 Å². The third-order valence-corrected chi connectivity index (χ3v) is 18.9. The molecule has 63 heavy (non-hydrogen) atoms. The Morgan fingerprint density at radius 1 is 0.349 bits per heavy atom. The van der Waals surface area contributed by atoms with Gasteiger partial charge in [-0.2, -0.15) is 0 Å². The van der Waals surface area contributed by atoms with Crippen LogP contribution in [0, 0.1) is 0 Å². The van der Waals surface area contributed by atoms with Gasteiger partial charge in [0.25, 0.3) is 0 Å². The zero-order chi connectivity index (χ0) is 41.5. The number of allylic oxidation sites excluding steroid dienone is 3. The summed E-state index contributed by atoms with van der Waals surface area (Å²) in [7, 11) is -2.76. The van der Waals surface area contributed by atoms with Gasteiger partial charge in [-0.15, -0.1) is 0 Å². The first-order valence-electron chi connectivity index (χ1n) is 22.3. The molecular weight excluding hydrogens is 773 g/mol. The molecule has 0 saturated carbocycles. The van der Waals surface area contributed by atoms with E-state index in [4.69, 9.17) is 0 Å². The van der Waals surface area contributed by atoms with Crippen molar-refractivity contribution in [2.75, 3.05) is 0 Å². The van der Waals surface area contributed by atoms with Crippen molar-refractivity contribution in [2.45, 2.75) is 12.8 Å². The van der Waals surface area contributed by atoms with E-state index < -0.39 is 8.07 Å². The monoisotopic (exact) mass is 814 g/mol. The molecule has 11 aromatic rings. The van der Waals surface area contributed by atoms with E-state index >= 15 is 0 Å². The molecule has 0 amide bonds. The normalized spacial score (nSPS) is 13.3. The molecule has 0 saturated heterocycles. The Morgan fingerprint density at radius 2 is 0.889 bits per heavy atom. The Labute approximate surface area is 369 Å². The van der Waals surface area contributed by atoms with E-state index in [1.165, 1.54) is 119 Å². The van der Waals surface area contributed by atoms with Gasteiger partial charge in [-0.25, -0.2) is 0 Å². The SMILES string of the molecule is C1=Cc2ccc3c(-c4cc(-c5cccc([Si](c6ccccc6)(c6ccccc6)c6ccccc6)c5)cc(-c5ccc6ccc7cccc8ccc5c6c78)c4)ccc4c3c2C(=CC4)C1. The van der Waals surface area contributed by atoms with Crippen molar-refractivity contribution in [1.29, 1.82) is 0 Å². The highest BCUT2D eigenvalue weighted by Crippen LogP contribution is 2.46.